The largest absolute Gasteiger partial charge is 0.301 e. The Morgan fingerprint density at radius 1 is 0.846 bits per heavy atom. The predicted molar refractivity (Wildman–Crippen MR) is 57.7 cm³/mol. The second-order valence-electron chi connectivity index (χ2n) is 5.12. The van der Waals surface area contributed by atoms with E-state index in [1.807, 2.05) is 0 Å². The van der Waals surface area contributed by atoms with Crippen LogP contribution in [0.4, 0.5) is 0 Å². The quantitative estimate of drug-likeness (QED) is 0.602. The topological polar surface area (TPSA) is 24.1 Å². The maximum atomic E-state index is 3.59. The third kappa shape index (κ3) is 4.10. The van der Waals surface area contributed by atoms with Crippen molar-refractivity contribution in [3.8, 4) is 0 Å². The molecule has 13 heavy (non-hydrogen) atoms. The highest BCUT2D eigenvalue weighted by Gasteiger charge is 2.23. The Morgan fingerprint density at radius 2 is 1.31 bits per heavy atom. The second kappa shape index (κ2) is 4.97. The van der Waals surface area contributed by atoms with Gasteiger partial charge in [-0.25, -0.2) is 0 Å². The molecule has 0 aromatic heterocycles. The fourth-order valence-electron chi connectivity index (χ4n) is 1.78. The predicted octanol–water partition coefficient (Wildman–Crippen LogP) is 2.11. The first-order valence-corrected chi connectivity index (χ1v) is 5.57. The summed E-state index contributed by atoms with van der Waals surface area (Å²) in [5, 5.41) is 7.18. The lowest BCUT2D eigenvalue weighted by molar-refractivity contribution is 0.228. The Kier molecular flexibility index (Phi) is 4.20. The van der Waals surface area contributed by atoms with Gasteiger partial charge in [-0.2, -0.15) is 0 Å². The average molecular weight is 184 g/mol. The van der Waals surface area contributed by atoms with Gasteiger partial charge in [-0.15, -0.1) is 0 Å². The molecule has 0 saturated carbocycles. The minimum Gasteiger partial charge on any atom is -0.301 e. The van der Waals surface area contributed by atoms with Crippen molar-refractivity contribution in [3.63, 3.8) is 0 Å². The van der Waals surface area contributed by atoms with Crippen LogP contribution in [-0.2, 0) is 0 Å². The molecule has 1 fully saturated rings. The molecule has 0 unspecified atom stereocenters. The van der Waals surface area contributed by atoms with Gasteiger partial charge in [0.05, 0.1) is 6.17 Å². The molecule has 2 N–H and O–H groups in total. The summed E-state index contributed by atoms with van der Waals surface area (Å²) in [6, 6.07) is 0. The molecule has 0 aromatic carbocycles. The molecular weight excluding hydrogens is 160 g/mol. The monoisotopic (exact) mass is 184 g/mol. The first-order chi connectivity index (χ1) is 6.11. The Morgan fingerprint density at radius 3 is 1.69 bits per heavy atom. The van der Waals surface area contributed by atoms with Crippen molar-refractivity contribution in [3.05, 3.63) is 0 Å². The van der Waals surface area contributed by atoms with Gasteiger partial charge in [0, 0.05) is 0 Å². The van der Waals surface area contributed by atoms with Crippen LogP contribution < -0.4 is 10.6 Å². The summed E-state index contributed by atoms with van der Waals surface area (Å²) in [5.41, 5.74) is 0.324. The van der Waals surface area contributed by atoms with E-state index in [2.05, 4.69) is 31.4 Å². The highest BCUT2D eigenvalue weighted by atomic mass is 15.1. The number of nitrogens with one attached hydrogen (secondary N) is 2. The first-order valence-electron chi connectivity index (χ1n) is 5.57. The number of rotatable bonds is 0. The lowest BCUT2D eigenvalue weighted by atomic mass is 9.92. The maximum Gasteiger partial charge on any atom is 0.0621 e. The Hall–Kier alpha value is -0.0800. The molecule has 1 saturated heterocycles. The van der Waals surface area contributed by atoms with E-state index in [1.54, 1.807) is 0 Å². The molecule has 1 aliphatic rings. The van der Waals surface area contributed by atoms with Crippen LogP contribution in [0.5, 0.6) is 0 Å². The fraction of sp³-hybridized carbons (Fsp3) is 1.00. The molecule has 0 atom stereocenters. The van der Waals surface area contributed by atoms with Crippen molar-refractivity contribution in [2.45, 2.75) is 52.6 Å². The van der Waals surface area contributed by atoms with E-state index in [1.165, 1.54) is 25.7 Å². The minimum absolute atomic E-state index is 0.324. The smallest absolute Gasteiger partial charge is 0.0621 e. The van der Waals surface area contributed by atoms with Gasteiger partial charge in [0.2, 0.25) is 0 Å². The molecular formula is C11H24N2. The van der Waals surface area contributed by atoms with Gasteiger partial charge in [0.15, 0.2) is 0 Å². The summed E-state index contributed by atoms with van der Waals surface area (Å²) in [5.74, 6) is 0. The van der Waals surface area contributed by atoms with Gasteiger partial charge in [-0.1, -0.05) is 33.6 Å². The summed E-state index contributed by atoms with van der Waals surface area (Å²) in [7, 11) is 0. The Labute approximate surface area is 82.5 Å². The van der Waals surface area contributed by atoms with E-state index in [9.17, 15) is 0 Å². The fourth-order valence-corrected chi connectivity index (χ4v) is 1.78. The molecule has 0 aliphatic carbocycles. The molecule has 1 aliphatic heterocycles. The summed E-state index contributed by atoms with van der Waals surface area (Å²) in [4.78, 5) is 0. The molecule has 0 radical (unpaired) electrons. The Balaban J connectivity index is 2.41. The van der Waals surface area contributed by atoms with E-state index in [-0.39, 0.29) is 0 Å². The first kappa shape index (κ1) is 11.0. The molecule has 0 aromatic rings. The zero-order valence-corrected chi connectivity index (χ0v) is 9.32. The Bertz CT molecular complexity index is 128. The minimum atomic E-state index is 0.324. The lowest BCUT2D eigenvalue weighted by Crippen LogP contribution is -2.51. The summed E-state index contributed by atoms with van der Waals surface area (Å²) in [6.07, 6.45) is 5.89. The summed E-state index contributed by atoms with van der Waals surface area (Å²) < 4.78 is 0. The molecule has 0 amide bonds. The van der Waals surface area contributed by atoms with Crippen molar-refractivity contribution < 1.29 is 0 Å². The van der Waals surface area contributed by atoms with E-state index in [0.29, 0.717) is 11.6 Å². The third-order valence-electron chi connectivity index (χ3n) is 2.67. The summed E-state index contributed by atoms with van der Waals surface area (Å²) in [6.45, 7) is 9.19. The molecule has 1 heterocycles. The van der Waals surface area contributed by atoms with Gasteiger partial charge in [-0.05, 0) is 31.3 Å². The van der Waals surface area contributed by atoms with Gasteiger partial charge in [0.25, 0.3) is 0 Å². The SMILES string of the molecule is CC(C)(C)C1NCCCCCCN1. The van der Waals surface area contributed by atoms with E-state index in [4.69, 9.17) is 0 Å². The van der Waals surface area contributed by atoms with Crippen LogP contribution in [0, 0.1) is 5.41 Å². The van der Waals surface area contributed by atoms with Crippen molar-refractivity contribution in [2.24, 2.45) is 5.41 Å². The summed E-state index contributed by atoms with van der Waals surface area (Å²) >= 11 is 0. The van der Waals surface area contributed by atoms with Gasteiger partial charge >= 0.3 is 0 Å². The van der Waals surface area contributed by atoms with E-state index in [0.717, 1.165) is 13.1 Å². The third-order valence-corrected chi connectivity index (χ3v) is 2.67. The van der Waals surface area contributed by atoms with E-state index >= 15 is 0 Å². The molecule has 78 valence electrons. The number of hydrogen-bond donors (Lipinski definition) is 2. The van der Waals surface area contributed by atoms with Crippen molar-refractivity contribution in [2.75, 3.05) is 13.1 Å². The van der Waals surface area contributed by atoms with Gasteiger partial charge in [0.1, 0.15) is 0 Å². The van der Waals surface area contributed by atoms with E-state index < -0.39 is 0 Å². The molecule has 0 bridgehead atoms. The zero-order chi connectivity index (χ0) is 9.73. The van der Waals surface area contributed by atoms with Crippen LogP contribution >= 0.6 is 0 Å². The van der Waals surface area contributed by atoms with Crippen molar-refractivity contribution in [1.29, 1.82) is 0 Å². The second-order valence-corrected chi connectivity index (χ2v) is 5.12. The standard InChI is InChI=1S/C11H24N2/c1-11(2,3)10-12-8-6-4-5-7-9-13-10/h10,12-13H,4-9H2,1-3H3. The molecule has 0 spiro atoms. The van der Waals surface area contributed by atoms with Crippen LogP contribution in [0.2, 0.25) is 0 Å². The molecule has 1 rings (SSSR count). The van der Waals surface area contributed by atoms with Crippen LogP contribution in [0.25, 0.3) is 0 Å². The van der Waals surface area contributed by atoms with Crippen LogP contribution in [0.1, 0.15) is 46.5 Å². The molecule has 2 nitrogen and oxygen atoms in total. The van der Waals surface area contributed by atoms with Gasteiger partial charge in [-0.3, -0.25) is 0 Å². The zero-order valence-electron chi connectivity index (χ0n) is 9.32. The lowest BCUT2D eigenvalue weighted by Gasteiger charge is -2.32. The average Bonchev–Trinajstić information content (AvgIpc) is 2.14. The number of hydrogen-bond acceptors (Lipinski definition) is 2. The van der Waals surface area contributed by atoms with Crippen molar-refractivity contribution >= 4 is 0 Å². The molecule has 2 heteroatoms. The maximum absolute atomic E-state index is 3.59. The van der Waals surface area contributed by atoms with Crippen LogP contribution in [0.15, 0.2) is 0 Å². The van der Waals surface area contributed by atoms with Crippen LogP contribution in [0.3, 0.4) is 0 Å². The normalized spacial score (nSPS) is 23.3. The highest BCUT2D eigenvalue weighted by molar-refractivity contribution is 4.78. The highest BCUT2D eigenvalue weighted by Crippen LogP contribution is 2.18. The van der Waals surface area contributed by atoms with Crippen molar-refractivity contribution in [1.82, 2.24) is 10.6 Å². The van der Waals surface area contributed by atoms with Gasteiger partial charge < -0.3 is 10.6 Å². The van der Waals surface area contributed by atoms with Crippen LogP contribution in [-0.4, -0.2) is 19.3 Å².